The molecule has 2 aliphatic rings. The van der Waals surface area contributed by atoms with Crippen LogP contribution < -0.4 is 5.73 Å². The third-order valence-corrected chi connectivity index (χ3v) is 3.44. The highest BCUT2D eigenvalue weighted by Gasteiger charge is 2.37. The first-order valence-electron chi connectivity index (χ1n) is 5.28. The normalized spacial score (nSPS) is 34.0. The first-order valence-corrected chi connectivity index (χ1v) is 5.28. The van der Waals surface area contributed by atoms with E-state index in [1.165, 1.54) is 32.2 Å². The zero-order valence-electron chi connectivity index (χ0n) is 8.00. The summed E-state index contributed by atoms with van der Waals surface area (Å²) < 4.78 is 0. The van der Waals surface area contributed by atoms with Crippen LogP contribution in [0.5, 0.6) is 0 Å². The van der Waals surface area contributed by atoms with Crippen LogP contribution in [-0.4, -0.2) is 30.1 Å². The van der Waals surface area contributed by atoms with Crippen molar-refractivity contribution in [3.63, 3.8) is 0 Å². The molecule has 1 saturated carbocycles. The van der Waals surface area contributed by atoms with Gasteiger partial charge in [-0.15, -0.1) is 0 Å². The maximum Gasteiger partial charge on any atom is 0.0249 e. The predicted molar refractivity (Wildman–Crippen MR) is 51.0 cm³/mol. The molecule has 0 spiro atoms. The van der Waals surface area contributed by atoms with E-state index < -0.39 is 0 Å². The van der Waals surface area contributed by atoms with Gasteiger partial charge in [-0.1, -0.05) is 0 Å². The fraction of sp³-hybridized carbons (Fsp3) is 1.00. The van der Waals surface area contributed by atoms with E-state index in [0.29, 0.717) is 6.04 Å². The molecule has 1 aliphatic heterocycles. The Kier molecular flexibility index (Phi) is 2.37. The highest BCUT2D eigenvalue weighted by atomic mass is 15.2. The van der Waals surface area contributed by atoms with Crippen molar-refractivity contribution in [2.24, 2.45) is 11.7 Å². The zero-order valence-corrected chi connectivity index (χ0v) is 8.00. The van der Waals surface area contributed by atoms with Gasteiger partial charge in [0.1, 0.15) is 0 Å². The summed E-state index contributed by atoms with van der Waals surface area (Å²) in [5, 5.41) is 0. The fourth-order valence-corrected chi connectivity index (χ4v) is 2.53. The highest BCUT2D eigenvalue weighted by Crippen LogP contribution is 2.37. The van der Waals surface area contributed by atoms with Crippen LogP contribution in [0.25, 0.3) is 0 Å². The lowest BCUT2D eigenvalue weighted by molar-refractivity contribution is 0.175. The average Bonchev–Trinajstić information content (AvgIpc) is 2.80. The topological polar surface area (TPSA) is 29.3 Å². The lowest BCUT2D eigenvalue weighted by atomic mass is 10.1. The van der Waals surface area contributed by atoms with Gasteiger partial charge in [0, 0.05) is 18.6 Å². The van der Waals surface area contributed by atoms with Crippen LogP contribution in [0.15, 0.2) is 0 Å². The summed E-state index contributed by atoms with van der Waals surface area (Å²) in [4.78, 5) is 2.64. The van der Waals surface area contributed by atoms with Crippen LogP contribution in [-0.2, 0) is 0 Å². The molecule has 2 fully saturated rings. The van der Waals surface area contributed by atoms with Crippen molar-refractivity contribution in [3.8, 4) is 0 Å². The molecular formula is C10H20N2. The number of rotatable bonds is 3. The molecule has 0 radical (unpaired) electrons. The molecule has 2 unspecified atom stereocenters. The molecule has 1 saturated heterocycles. The molecule has 0 aromatic carbocycles. The van der Waals surface area contributed by atoms with Crippen molar-refractivity contribution < 1.29 is 0 Å². The Balaban J connectivity index is 1.94. The Hall–Kier alpha value is -0.0800. The van der Waals surface area contributed by atoms with E-state index in [4.69, 9.17) is 5.73 Å². The average molecular weight is 168 g/mol. The monoisotopic (exact) mass is 168 g/mol. The smallest absolute Gasteiger partial charge is 0.0249 e. The van der Waals surface area contributed by atoms with E-state index in [9.17, 15) is 0 Å². The van der Waals surface area contributed by atoms with Gasteiger partial charge < -0.3 is 5.73 Å². The summed E-state index contributed by atoms with van der Waals surface area (Å²) in [6, 6.07) is 1.50. The van der Waals surface area contributed by atoms with E-state index in [0.717, 1.165) is 18.5 Å². The summed E-state index contributed by atoms with van der Waals surface area (Å²) >= 11 is 0. The standard InChI is InChI=1S/C10H20N2/c1-8-3-2-6-12(8)10(7-11)9-4-5-9/h8-10H,2-7,11H2,1H3. The van der Waals surface area contributed by atoms with Crippen molar-refractivity contribution >= 4 is 0 Å². The molecule has 12 heavy (non-hydrogen) atoms. The van der Waals surface area contributed by atoms with Crippen LogP contribution >= 0.6 is 0 Å². The van der Waals surface area contributed by atoms with Crippen LogP contribution in [0, 0.1) is 5.92 Å². The number of nitrogens with zero attached hydrogens (tertiary/aromatic N) is 1. The third-order valence-electron chi connectivity index (χ3n) is 3.44. The summed E-state index contributed by atoms with van der Waals surface area (Å²) in [7, 11) is 0. The molecule has 0 bridgehead atoms. The fourth-order valence-electron chi connectivity index (χ4n) is 2.53. The minimum Gasteiger partial charge on any atom is -0.329 e. The minimum absolute atomic E-state index is 0.711. The van der Waals surface area contributed by atoms with Gasteiger partial charge in [-0.25, -0.2) is 0 Å². The summed E-state index contributed by atoms with van der Waals surface area (Å²) in [5.74, 6) is 0.940. The maximum atomic E-state index is 5.81. The van der Waals surface area contributed by atoms with Crippen molar-refractivity contribution in [1.29, 1.82) is 0 Å². The molecule has 0 amide bonds. The number of likely N-dealkylation sites (tertiary alicyclic amines) is 1. The van der Waals surface area contributed by atoms with Crippen molar-refractivity contribution in [3.05, 3.63) is 0 Å². The lowest BCUT2D eigenvalue weighted by Gasteiger charge is -2.30. The molecule has 1 heterocycles. The Labute approximate surface area is 75.1 Å². The van der Waals surface area contributed by atoms with Crippen molar-refractivity contribution in [1.82, 2.24) is 4.90 Å². The molecule has 2 N–H and O–H groups in total. The van der Waals surface area contributed by atoms with E-state index in [1.807, 2.05) is 0 Å². The second kappa shape index (κ2) is 3.35. The van der Waals surface area contributed by atoms with Gasteiger partial charge in [0.2, 0.25) is 0 Å². The van der Waals surface area contributed by atoms with Gasteiger partial charge in [0.25, 0.3) is 0 Å². The molecular weight excluding hydrogens is 148 g/mol. The molecule has 0 aromatic heterocycles. The van der Waals surface area contributed by atoms with Crippen LogP contribution in [0.3, 0.4) is 0 Å². The van der Waals surface area contributed by atoms with E-state index in [1.54, 1.807) is 0 Å². The number of nitrogens with two attached hydrogens (primary N) is 1. The molecule has 2 rings (SSSR count). The number of hydrogen-bond donors (Lipinski definition) is 1. The van der Waals surface area contributed by atoms with Crippen LogP contribution in [0.4, 0.5) is 0 Å². The summed E-state index contributed by atoms with van der Waals surface area (Å²) in [6.07, 6.45) is 5.60. The Bertz CT molecular complexity index is 154. The Morgan fingerprint density at radius 1 is 1.42 bits per heavy atom. The Morgan fingerprint density at radius 3 is 2.58 bits per heavy atom. The molecule has 70 valence electrons. The maximum absolute atomic E-state index is 5.81. The van der Waals surface area contributed by atoms with E-state index in [-0.39, 0.29) is 0 Å². The summed E-state index contributed by atoms with van der Waals surface area (Å²) in [5.41, 5.74) is 5.81. The van der Waals surface area contributed by atoms with Gasteiger partial charge in [-0.2, -0.15) is 0 Å². The van der Waals surface area contributed by atoms with Gasteiger partial charge in [0.15, 0.2) is 0 Å². The van der Waals surface area contributed by atoms with Crippen LogP contribution in [0.1, 0.15) is 32.6 Å². The zero-order chi connectivity index (χ0) is 8.55. The SMILES string of the molecule is CC1CCCN1C(CN)C1CC1. The van der Waals surface area contributed by atoms with E-state index >= 15 is 0 Å². The molecule has 0 aromatic rings. The second-order valence-corrected chi connectivity index (χ2v) is 4.37. The first-order chi connectivity index (χ1) is 5.83. The predicted octanol–water partition coefficient (Wildman–Crippen LogP) is 1.21. The first kappa shape index (κ1) is 8.52. The molecule has 2 nitrogen and oxygen atoms in total. The van der Waals surface area contributed by atoms with Gasteiger partial charge in [-0.05, 0) is 45.1 Å². The van der Waals surface area contributed by atoms with Crippen molar-refractivity contribution in [2.75, 3.05) is 13.1 Å². The lowest BCUT2D eigenvalue weighted by Crippen LogP contribution is -2.43. The molecule has 2 atom stereocenters. The second-order valence-electron chi connectivity index (χ2n) is 4.37. The Morgan fingerprint density at radius 2 is 2.17 bits per heavy atom. The summed E-state index contributed by atoms with van der Waals surface area (Å²) in [6.45, 7) is 4.51. The van der Waals surface area contributed by atoms with Gasteiger partial charge in [0.05, 0.1) is 0 Å². The van der Waals surface area contributed by atoms with E-state index in [2.05, 4.69) is 11.8 Å². The number of hydrogen-bond acceptors (Lipinski definition) is 2. The minimum atomic E-state index is 0.711. The van der Waals surface area contributed by atoms with Crippen LogP contribution in [0.2, 0.25) is 0 Å². The molecule has 1 aliphatic carbocycles. The van der Waals surface area contributed by atoms with Gasteiger partial charge >= 0.3 is 0 Å². The highest BCUT2D eigenvalue weighted by molar-refractivity contribution is 4.92. The third kappa shape index (κ3) is 1.50. The molecule has 2 heteroatoms. The van der Waals surface area contributed by atoms with Crippen molar-refractivity contribution in [2.45, 2.75) is 44.7 Å². The quantitative estimate of drug-likeness (QED) is 0.686. The van der Waals surface area contributed by atoms with Gasteiger partial charge in [-0.3, -0.25) is 4.90 Å². The largest absolute Gasteiger partial charge is 0.329 e.